The number of likely N-dealkylation sites (N-methyl/N-ethyl adjacent to an activating group) is 1. The Kier molecular flexibility index (Phi) is 4.02. The van der Waals surface area contributed by atoms with Crippen LogP contribution in [0.15, 0.2) is 24.3 Å². The Labute approximate surface area is 138 Å². The summed E-state index contributed by atoms with van der Waals surface area (Å²) in [5.74, 6) is 1.24. The largest absolute Gasteiger partial charge is 0.492 e. The van der Waals surface area contributed by atoms with E-state index in [-0.39, 0.29) is 5.92 Å². The zero-order valence-electron chi connectivity index (χ0n) is 13.9. The highest BCUT2D eigenvalue weighted by Gasteiger charge is 2.41. The summed E-state index contributed by atoms with van der Waals surface area (Å²) in [5.41, 5.74) is 1.17. The second kappa shape index (κ2) is 6.16. The Morgan fingerprint density at radius 1 is 1.13 bits per heavy atom. The van der Waals surface area contributed by atoms with Gasteiger partial charge in [-0.15, -0.1) is 0 Å². The van der Waals surface area contributed by atoms with Crippen LogP contribution in [0.5, 0.6) is 5.75 Å². The number of hydrogen-bond donors (Lipinski definition) is 0. The van der Waals surface area contributed by atoms with E-state index in [1.54, 1.807) is 0 Å². The summed E-state index contributed by atoms with van der Waals surface area (Å²) < 4.78 is 5.84. The van der Waals surface area contributed by atoms with Crippen LogP contribution in [0.4, 0.5) is 0 Å². The maximum absolute atomic E-state index is 13.1. The van der Waals surface area contributed by atoms with Crippen LogP contribution in [0.3, 0.4) is 0 Å². The zero-order chi connectivity index (χ0) is 15.8. The number of likely N-dealkylation sites (tertiary alicyclic amines) is 2. The SMILES string of the molecule is CN1CCCC1C1CCCN1C(=O)C1COc2ccccc2C1. The molecule has 0 aliphatic carbocycles. The molecular formula is C19H26N2O2. The van der Waals surface area contributed by atoms with E-state index in [4.69, 9.17) is 4.74 Å². The lowest BCUT2D eigenvalue weighted by Gasteiger charge is -2.36. The number of ether oxygens (including phenoxy) is 1. The van der Waals surface area contributed by atoms with Crippen LogP contribution >= 0.6 is 0 Å². The Hall–Kier alpha value is -1.55. The Morgan fingerprint density at radius 3 is 2.74 bits per heavy atom. The van der Waals surface area contributed by atoms with Crippen LogP contribution in [-0.2, 0) is 11.2 Å². The molecule has 23 heavy (non-hydrogen) atoms. The van der Waals surface area contributed by atoms with Gasteiger partial charge in [-0.2, -0.15) is 0 Å². The van der Waals surface area contributed by atoms with E-state index in [0.717, 1.165) is 31.6 Å². The smallest absolute Gasteiger partial charge is 0.229 e. The Morgan fingerprint density at radius 2 is 1.91 bits per heavy atom. The Balaban J connectivity index is 1.48. The fourth-order valence-corrected chi connectivity index (χ4v) is 4.61. The van der Waals surface area contributed by atoms with Crippen LogP contribution in [0.2, 0.25) is 0 Å². The molecule has 1 aromatic carbocycles. The summed E-state index contributed by atoms with van der Waals surface area (Å²) in [6.45, 7) is 2.62. The third-order valence-electron chi connectivity index (χ3n) is 5.83. The maximum Gasteiger partial charge on any atom is 0.229 e. The van der Waals surface area contributed by atoms with E-state index in [2.05, 4.69) is 22.9 Å². The molecule has 3 aliphatic rings. The van der Waals surface area contributed by atoms with Gasteiger partial charge in [-0.1, -0.05) is 18.2 Å². The molecule has 0 spiro atoms. The number of fused-ring (bicyclic) bond motifs is 1. The van der Waals surface area contributed by atoms with Crippen LogP contribution in [-0.4, -0.2) is 54.5 Å². The third kappa shape index (κ3) is 2.74. The van der Waals surface area contributed by atoms with Crippen molar-refractivity contribution in [3.05, 3.63) is 29.8 Å². The van der Waals surface area contributed by atoms with E-state index < -0.39 is 0 Å². The molecular weight excluding hydrogens is 288 g/mol. The van der Waals surface area contributed by atoms with Gasteiger partial charge < -0.3 is 14.5 Å². The summed E-state index contributed by atoms with van der Waals surface area (Å²) in [7, 11) is 2.21. The molecule has 3 atom stereocenters. The minimum absolute atomic E-state index is 0.0165. The monoisotopic (exact) mass is 314 g/mol. The fraction of sp³-hybridized carbons (Fsp3) is 0.632. The average Bonchev–Trinajstić information content (AvgIpc) is 3.22. The Bertz CT molecular complexity index is 588. The first kappa shape index (κ1) is 15.0. The molecule has 0 saturated carbocycles. The quantitative estimate of drug-likeness (QED) is 0.840. The molecule has 4 rings (SSSR count). The summed E-state index contributed by atoms with van der Waals surface area (Å²) in [4.78, 5) is 17.7. The second-order valence-electron chi connectivity index (χ2n) is 7.25. The number of rotatable bonds is 2. The summed E-state index contributed by atoms with van der Waals surface area (Å²) in [6.07, 6.45) is 5.61. The van der Waals surface area contributed by atoms with E-state index in [9.17, 15) is 4.79 Å². The van der Waals surface area contributed by atoms with Crippen molar-refractivity contribution in [2.75, 3.05) is 26.7 Å². The van der Waals surface area contributed by atoms with Crippen LogP contribution in [0, 0.1) is 5.92 Å². The molecule has 2 saturated heterocycles. The number of nitrogens with zero attached hydrogens (tertiary/aromatic N) is 2. The number of amides is 1. The predicted octanol–water partition coefficient (Wildman–Crippen LogP) is 2.32. The molecule has 124 valence electrons. The molecule has 0 N–H and O–H groups in total. The minimum Gasteiger partial charge on any atom is -0.492 e. The van der Waals surface area contributed by atoms with Gasteiger partial charge in [0.15, 0.2) is 0 Å². The van der Waals surface area contributed by atoms with Crippen molar-refractivity contribution < 1.29 is 9.53 Å². The molecule has 4 nitrogen and oxygen atoms in total. The van der Waals surface area contributed by atoms with Crippen molar-refractivity contribution in [2.24, 2.45) is 5.92 Å². The molecule has 3 heterocycles. The normalized spacial score (nSPS) is 31.0. The van der Waals surface area contributed by atoms with E-state index >= 15 is 0 Å². The first-order valence-electron chi connectivity index (χ1n) is 8.95. The average molecular weight is 314 g/mol. The molecule has 0 bridgehead atoms. The van der Waals surface area contributed by atoms with Gasteiger partial charge in [0.2, 0.25) is 5.91 Å². The van der Waals surface area contributed by atoms with E-state index in [1.165, 1.54) is 24.9 Å². The summed E-state index contributed by atoms with van der Waals surface area (Å²) in [5, 5.41) is 0. The lowest BCUT2D eigenvalue weighted by Crippen LogP contribution is -2.50. The maximum atomic E-state index is 13.1. The van der Waals surface area contributed by atoms with Crippen LogP contribution < -0.4 is 4.74 Å². The van der Waals surface area contributed by atoms with Gasteiger partial charge in [0, 0.05) is 18.6 Å². The number of carbonyl (C=O) groups excluding carboxylic acids is 1. The first-order valence-corrected chi connectivity index (χ1v) is 8.95. The standard InChI is InChI=1S/C19H26N2O2/c1-20-10-4-7-16(20)17-8-5-11-21(17)19(22)15-12-14-6-2-3-9-18(14)23-13-15/h2-3,6,9,15-17H,4-5,7-8,10-13H2,1H3. The zero-order valence-corrected chi connectivity index (χ0v) is 13.9. The van der Waals surface area contributed by atoms with E-state index in [1.807, 2.05) is 18.2 Å². The van der Waals surface area contributed by atoms with Gasteiger partial charge in [-0.05, 0) is 57.3 Å². The van der Waals surface area contributed by atoms with Crippen LogP contribution in [0.1, 0.15) is 31.2 Å². The number of benzene rings is 1. The van der Waals surface area contributed by atoms with Gasteiger partial charge >= 0.3 is 0 Å². The third-order valence-corrected chi connectivity index (χ3v) is 5.83. The van der Waals surface area contributed by atoms with Gasteiger partial charge in [-0.25, -0.2) is 0 Å². The molecule has 2 fully saturated rings. The molecule has 1 aromatic rings. The van der Waals surface area contributed by atoms with Crippen molar-refractivity contribution >= 4 is 5.91 Å². The van der Waals surface area contributed by atoms with Crippen LogP contribution in [0.25, 0.3) is 0 Å². The highest BCUT2D eigenvalue weighted by Crippen LogP contribution is 2.33. The molecule has 3 unspecified atom stereocenters. The van der Waals surface area contributed by atoms with Gasteiger partial charge in [-0.3, -0.25) is 4.79 Å². The van der Waals surface area contributed by atoms with Crippen molar-refractivity contribution in [2.45, 2.75) is 44.2 Å². The van der Waals surface area contributed by atoms with Crippen molar-refractivity contribution in [3.63, 3.8) is 0 Å². The minimum atomic E-state index is -0.0165. The molecule has 3 aliphatic heterocycles. The summed E-state index contributed by atoms with van der Waals surface area (Å²) >= 11 is 0. The lowest BCUT2D eigenvalue weighted by atomic mass is 9.94. The first-order chi connectivity index (χ1) is 11.2. The topological polar surface area (TPSA) is 32.8 Å². The highest BCUT2D eigenvalue weighted by molar-refractivity contribution is 5.80. The van der Waals surface area contributed by atoms with E-state index in [0.29, 0.717) is 24.6 Å². The van der Waals surface area contributed by atoms with Crippen molar-refractivity contribution in [1.29, 1.82) is 0 Å². The number of hydrogen-bond acceptors (Lipinski definition) is 3. The predicted molar refractivity (Wildman–Crippen MR) is 89.5 cm³/mol. The molecule has 1 amide bonds. The second-order valence-corrected chi connectivity index (χ2v) is 7.25. The van der Waals surface area contributed by atoms with Gasteiger partial charge in [0.25, 0.3) is 0 Å². The highest BCUT2D eigenvalue weighted by atomic mass is 16.5. The van der Waals surface area contributed by atoms with Crippen molar-refractivity contribution in [3.8, 4) is 5.75 Å². The fourth-order valence-electron chi connectivity index (χ4n) is 4.61. The summed E-state index contributed by atoms with van der Waals surface area (Å²) in [6, 6.07) is 9.07. The molecule has 0 radical (unpaired) electrons. The van der Waals surface area contributed by atoms with Gasteiger partial charge in [0.1, 0.15) is 12.4 Å². The lowest BCUT2D eigenvalue weighted by molar-refractivity contribution is -0.138. The molecule has 0 aromatic heterocycles. The van der Waals surface area contributed by atoms with Crippen molar-refractivity contribution in [1.82, 2.24) is 9.80 Å². The van der Waals surface area contributed by atoms with Gasteiger partial charge in [0.05, 0.1) is 5.92 Å². The number of para-hydroxylation sites is 1. The number of carbonyl (C=O) groups is 1. The molecule has 4 heteroatoms.